The van der Waals surface area contributed by atoms with Crippen molar-refractivity contribution in [3.63, 3.8) is 0 Å². The molecule has 4 nitrogen and oxygen atoms in total. The zero-order valence-electron chi connectivity index (χ0n) is 9.72. The Morgan fingerprint density at radius 3 is 2.63 bits per heavy atom. The quantitative estimate of drug-likeness (QED) is 0.727. The molecule has 0 radical (unpaired) electrons. The van der Waals surface area contributed by atoms with Crippen LogP contribution < -0.4 is 10.6 Å². The predicted molar refractivity (Wildman–Crippen MR) is 65.0 cm³/mol. The summed E-state index contributed by atoms with van der Waals surface area (Å²) in [5.74, 6) is -0.547. The van der Waals surface area contributed by atoms with Crippen LogP contribution >= 0.6 is 11.6 Å². The van der Waals surface area contributed by atoms with Crippen molar-refractivity contribution in [1.82, 2.24) is 5.32 Å². The summed E-state index contributed by atoms with van der Waals surface area (Å²) in [7, 11) is 0. The van der Waals surface area contributed by atoms with Crippen LogP contribution in [0.25, 0.3) is 0 Å². The molecule has 1 aromatic rings. The summed E-state index contributed by atoms with van der Waals surface area (Å²) in [6.45, 7) is -0.0610. The van der Waals surface area contributed by atoms with Crippen LogP contribution in [0.3, 0.4) is 0 Å². The third kappa shape index (κ3) is 5.06. The van der Waals surface area contributed by atoms with Gasteiger partial charge in [-0.2, -0.15) is 13.2 Å². The number of hydrogen-bond donors (Lipinski definition) is 3. The number of anilines is 1. The zero-order chi connectivity index (χ0) is 14.5. The smallest absolute Gasteiger partial charge is 0.395 e. The molecule has 1 rings (SSSR count). The lowest BCUT2D eigenvalue weighted by molar-refractivity contribution is -0.137. The first-order chi connectivity index (χ1) is 8.84. The molecule has 0 unspecified atom stereocenters. The van der Waals surface area contributed by atoms with Crippen LogP contribution in [0.15, 0.2) is 18.2 Å². The van der Waals surface area contributed by atoms with Crippen LogP contribution in [0.5, 0.6) is 0 Å². The number of amides is 1. The van der Waals surface area contributed by atoms with Crippen molar-refractivity contribution in [3.8, 4) is 0 Å². The molecule has 0 aliphatic rings. The molecule has 0 aromatic heterocycles. The molecule has 0 aliphatic carbocycles. The highest BCUT2D eigenvalue weighted by molar-refractivity contribution is 6.33. The van der Waals surface area contributed by atoms with Gasteiger partial charge in [0.2, 0.25) is 5.91 Å². The van der Waals surface area contributed by atoms with Crippen molar-refractivity contribution in [2.45, 2.75) is 6.18 Å². The minimum atomic E-state index is -4.50. The van der Waals surface area contributed by atoms with Crippen LogP contribution in [-0.2, 0) is 11.0 Å². The second-order valence-electron chi connectivity index (χ2n) is 3.64. The zero-order valence-corrected chi connectivity index (χ0v) is 10.5. The van der Waals surface area contributed by atoms with Crippen LogP contribution in [0.4, 0.5) is 18.9 Å². The van der Waals surface area contributed by atoms with Crippen molar-refractivity contribution >= 4 is 23.2 Å². The molecule has 0 heterocycles. The molecule has 0 spiro atoms. The lowest BCUT2D eigenvalue weighted by Gasteiger charge is -2.11. The number of carbonyl (C=O) groups excluding carboxylic acids is 1. The normalized spacial score (nSPS) is 11.4. The molecule has 8 heteroatoms. The third-order valence-electron chi connectivity index (χ3n) is 2.14. The molecule has 0 saturated heterocycles. The lowest BCUT2D eigenvalue weighted by Crippen LogP contribution is -2.30. The van der Waals surface area contributed by atoms with Gasteiger partial charge in [-0.1, -0.05) is 11.6 Å². The number of hydrogen-bond acceptors (Lipinski definition) is 3. The van der Waals surface area contributed by atoms with Crippen molar-refractivity contribution < 1.29 is 23.1 Å². The lowest BCUT2D eigenvalue weighted by atomic mass is 10.2. The average molecular weight is 297 g/mol. The van der Waals surface area contributed by atoms with Crippen LogP contribution in [0.1, 0.15) is 5.56 Å². The Balaban J connectivity index is 2.74. The van der Waals surface area contributed by atoms with E-state index in [0.717, 1.165) is 18.2 Å². The minimum absolute atomic E-state index is 0.0171. The van der Waals surface area contributed by atoms with Crippen LogP contribution in [-0.4, -0.2) is 30.7 Å². The van der Waals surface area contributed by atoms with Gasteiger partial charge in [0.25, 0.3) is 0 Å². The van der Waals surface area contributed by atoms with E-state index < -0.39 is 17.6 Å². The largest absolute Gasteiger partial charge is 0.416 e. The van der Waals surface area contributed by atoms with Gasteiger partial charge < -0.3 is 15.7 Å². The highest BCUT2D eigenvalue weighted by Gasteiger charge is 2.31. The van der Waals surface area contributed by atoms with E-state index in [0.29, 0.717) is 0 Å². The first-order valence-corrected chi connectivity index (χ1v) is 5.70. The van der Waals surface area contributed by atoms with Gasteiger partial charge in [0.1, 0.15) is 0 Å². The molecule has 0 atom stereocenters. The van der Waals surface area contributed by atoms with Gasteiger partial charge in [-0.05, 0) is 18.2 Å². The van der Waals surface area contributed by atoms with E-state index in [1.54, 1.807) is 0 Å². The second kappa shape index (κ2) is 6.74. The summed E-state index contributed by atoms with van der Waals surface area (Å²) in [5.41, 5.74) is -0.997. The molecule has 1 amide bonds. The molecule has 0 bridgehead atoms. The second-order valence-corrected chi connectivity index (χ2v) is 4.05. The Kier molecular flexibility index (Phi) is 5.59. The number of carbonyl (C=O) groups is 1. The fourth-order valence-corrected chi connectivity index (χ4v) is 1.44. The molecule has 0 fully saturated rings. The maximum Gasteiger partial charge on any atom is 0.416 e. The summed E-state index contributed by atoms with van der Waals surface area (Å²) in [4.78, 5) is 11.4. The van der Waals surface area contributed by atoms with Gasteiger partial charge in [0.15, 0.2) is 0 Å². The molecule has 0 saturated carbocycles. The first kappa shape index (κ1) is 15.7. The monoisotopic (exact) mass is 296 g/mol. The molecular formula is C11H12ClF3N2O2. The van der Waals surface area contributed by atoms with E-state index in [4.69, 9.17) is 16.7 Å². The van der Waals surface area contributed by atoms with Gasteiger partial charge in [0, 0.05) is 6.54 Å². The fraction of sp³-hybridized carbons (Fsp3) is 0.364. The number of nitrogens with one attached hydrogen (secondary N) is 2. The SMILES string of the molecule is O=C(CNCCO)Nc1cc(C(F)(F)F)ccc1Cl. The Morgan fingerprint density at radius 2 is 2.05 bits per heavy atom. The Hall–Kier alpha value is -1.31. The van der Waals surface area contributed by atoms with Gasteiger partial charge in [-0.25, -0.2) is 0 Å². The van der Waals surface area contributed by atoms with Crippen molar-refractivity contribution in [3.05, 3.63) is 28.8 Å². The van der Waals surface area contributed by atoms with Crippen molar-refractivity contribution in [2.24, 2.45) is 0 Å². The van der Waals surface area contributed by atoms with Gasteiger partial charge in [0.05, 0.1) is 29.4 Å². The van der Waals surface area contributed by atoms with E-state index in [9.17, 15) is 18.0 Å². The van der Waals surface area contributed by atoms with Gasteiger partial charge in [-0.15, -0.1) is 0 Å². The number of aliphatic hydroxyl groups is 1. The number of aliphatic hydroxyl groups excluding tert-OH is 1. The van der Waals surface area contributed by atoms with Gasteiger partial charge >= 0.3 is 6.18 Å². The maximum atomic E-state index is 12.5. The molecule has 3 N–H and O–H groups in total. The number of halogens is 4. The molecule has 1 aromatic carbocycles. The predicted octanol–water partition coefficient (Wildman–Crippen LogP) is 1.88. The summed E-state index contributed by atoms with van der Waals surface area (Å²) >= 11 is 5.71. The Labute approximate surface area is 112 Å². The topological polar surface area (TPSA) is 61.4 Å². The van der Waals surface area contributed by atoms with E-state index >= 15 is 0 Å². The summed E-state index contributed by atoms with van der Waals surface area (Å²) in [6, 6.07) is 2.68. The van der Waals surface area contributed by atoms with E-state index in [1.165, 1.54) is 0 Å². The van der Waals surface area contributed by atoms with Crippen molar-refractivity contribution in [1.29, 1.82) is 0 Å². The molecular weight excluding hydrogens is 285 g/mol. The summed E-state index contributed by atoms with van der Waals surface area (Å²) in [5, 5.41) is 13.4. The highest BCUT2D eigenvalue weighted by Crippen LogP contribution is 2.33. The average Bonchev–Trinajstić information content (AvgIpc) is 2.31. The van der Waals surface area contributed by atoms with E-state index in [2.05, 4.69) is 10.6 Å². The van der Waals surface area contributed by atoms with E-state index in [1.807, 2.05) is 0 Å². The van der Waals surface area contributed by atoms with Crippen molar-refractivity contribution in [2.75, 3.05) is 25.0 Å². The minimum Gasteiger partial charge on any atom is -0.395 e. The van der Waals surface area contributed by atoms with Crippen LogP contribution in [0.2, 0.25) is 5.02 Å². The standard InChI is InChI=1S/C11H12ClF3N2O2/c12-8-2-1-7(11(13,14)15)5-9(8)17-10(19)6-16-3-4-18/h1-2,5,16,18H,3-4,6H2,(H,17,19). The highest BCUT2D eigenvalue weighted by atomic mass is 35.5. The van der Waals surface area contributed by atoms with E-state index in [-0.39, 0.29) is 30.4 Å². The third-order valence-corrected chi connectivity index (χ3v) is 2.47. The van der Waals surface area contributed by atoms with Gasteiger partial charge in [-0.3, -0.25) is 4.79 Å². The summed E-state index contributed by atoms with van der Waals surface area (Å²) in [6.07, 6.45) is -4.50. The summed E-state index contributed by atoms with van der Waals surface area (Å²) < 4.78 is 37.5. The molecule has 19 heavy (non-hydrogen) atoms. The maximum absolute atomic E-state index is 12.5. The Bertz CT molecular complexity index is 452. The Morgan fingerprint density at radius 1 is 1.37 bits per heavy atom. The van der Waals surface area contributed by atoms with Crippen LogP contribution in [0, 0.1) is 0 Å². The first-order valence-electron chi connectivity index (χ1n) is 5.32. The number of rotatable bonds is 5. The fourth-order valence-electron chi connectivity index (χ4n) is 1.27. The molecule has 106 valence electrons. The molecule has 0 aliphatic heterocycles. The number of benzene rings is 1. The number of alkyl halides is 3.